The molecule has 3 saturated heterocycles. The molecule has 2 aliphatic carbocycles. The summed E-state index contributed by atoms with van der Waals surface area (Å²) in [7, 11) is 1.61. The van der Waals surface area contributed by atoms with Crippen LogP contribution >= 0.6 is 0 Å². The van der Waals surface area contributed by atoms with E-state index in [0.717, 1.165) is 31.4 Å². The van der Waals surface area contributed by atoms with Gasteiger partial charge in [0.05, 0.1) is 18.2 Å². The molecule has 1 amide bonds. The number of nitrogens with zero attached hydrogens (tertiary/aromatic N) is 2. The van der Waals surface area contributed by atoms with Crippen molar-refractivity contribution >= 4 is 23.6 Å². The minimum absolute atomic E-state index is 0.0274. The summed E-state index contributed by atoms with van der Waals surface area (Å²) >= 11 is 0. The molecule has 0 aromatic heterocycles. The molecular formula is C27H30N2O8. The number of hydroxylamine groups is 2. The van der Waals surface area contributed by atoms with Crippen LogP contribution < -0.4 is 0 Å². The molecule has 0 N–H and O–H groups in total. The van der Waals surface area contributed by atoms with Crippen LogP contribution in [0.3, 0.4) is 0 Å². The molecule has 0 radical (unpaired) electrons. The third-order valence-electron chi connectivity index (χ3n) is 9.31. The number of fused-ring (bicyclic) bond motifs is 3. The Balaban J connectivity index is 1.07. The van der Waals surface area contributed by atoms with Crippen LogP contribution in [0.25, 0.3) is 0 Å². The fourth-order valence-electron chi connectivity index (χ4n) is 7.62. The number of hydrogen-bond donors (Lipinski definition) is 0. The van der Waals surface area contributed by atoms with Crippen LogP contribution in [0.5, 0.6) is 0 Å². The Bertz CT molecular complexity index is 1200. The molecule has 37 heavy (non-hydrogen) atoms. The Morgan fingerprint density at radius 1 is 1.11 bits per heavy atom. The molecular weight excluding hydrogens is 480 g/mol. The summed E-state index contributed by atoms with van der Waals surface area (Å²) in [6, 6.07) is -0.227. The van der Waals surface area contributed by atoms with Gasteiger partial charge in [-0.1, -0.05) is 6.42 Å². The number of ketones is 1. The number of carbonyl (C=O) groups excluding carboxylic acids is 4. The van der Waals surface area contributed by atoms with E-state index in [1.165, 1.54) is 12.2 Å². The first-order valence-electron chi connectivity index (χ1n) is 13.3. The minimum Gasteiger partial charge on any atom is -0.449 e. The van der Waals surface area contributed by atoms with Gasteiger partial charge in [0.2, 0.25) is 5.60 Å². The Hall–Kier alpha value is -2.82. The predicted octanol–water partition coefficient (Wildman–Crippen LogP) is 1.30. The zero-order chi connectivity index (χ0) is 25.5. The SMILES string of the molecule is CO[C@H]1CC2=CC(=O)O[C@@]23C[C@@H]1N(CCCC(=O)C1=CC2=CC(=O)O[C@@]24C[C@@H]1ON1CCCC[C@H]14)C3=O. The van der Waals surface area contributed by atoms with Crippen molar-refractivity contribution in [3.05, 3.63) is 34.9 Å². The van der Waals surface area contributed by atoms with Crippen molar-refractivity contribution < 1.29 is 38.2 Å². The fraction of sp³-hybridized carbons (Fsp3) is 0.630. The number of esters is 2. The van der Waals surface area contributed by atoms with E-state index >= 15 is 0 Å². The second kappa shape index (κ2) is 8.09. The van der Waals surface area contributed by atoms with Crippen molar-refractivity contribution in [2.75, 3.05) is 20.2 Å². The maximum atomic E-state index is 13.4. The number of carbonyl (C=O) groups is 4. The van der Waals surface area contributed by atoms with Gasteiger partial charge in [-0.3, -0.25) is 14.4 Å². The smallest absolute Gasteiger partial charge is 0.332 e. The van der Waals surface area contributed by atoms with Gasteiger partial charge in [-0.2, -0.15) is 5.06 Å². The van der Waals surface area contributed by atoms with Crippen LogP contribution in [-0.4, -0.2) is 89.3 Å². The van der Waals surface area contributed by atoms with Crippen molar-refractivity contribution in [3.8, 4) is 0 Å². The van der Waals surface area contributed by atoms with Crippen molar-refractivity contribution in [3.63, 3.8) is 0 Å². The number of amides is 1. The van der Waals surface area contributed by atoms with E-state index in [1.54, 1.807) is 18.1 Å². The number of rotatable bonds is 6. The molecule has 5 aliphatic heterocycles. The van der Waals surface area contributed by atoms with Crippen LogP contribution in [0.4, 0.5) is 0 Å². The Labute approximate surface area is 214 Å². The van der Waals surface area contributed by atoms with E-state index in [1.807, 2.05) is 5.06 Å². The highest BCUT2D eigenvalue weighted by Crippen LogP contribution is 2.51. The quantitative estimate of drug-likeness (QED) is 0.488. The van der Waals surface area contributed by atoms with Crippen LogP contribution in [0.15, 0.2) is 34.9 Å². The summed E-state index contributed by atoms with van der Waals surface area (Å²) in [5, 5.41) is 1.92. The van der Waals surface area contributed by atoms with Gasteiger partial charge >= 0.3 is 11.9 Å². The molecule has 1 saturated carbocycles. The second-order valence-corrected chi connectivity index (χ2v) is 11.2. The molecule has 2 spiro atoms. The number of likely N-dealkylation sites (tertiary alicyclic amines) is 1. The largest absolute Gasteiger partial charge is 0.449 e. The van der Waals surface area contributed by atoms with Gasteiger partial charge in [-0.15, -0.1) is 0 Å². The number of methoxy groups -OCH3 is 1. The van der Waals surface area contributed by atoms with Gasteiger partial charge in [-0.25, -0.2) is 9.59 Å². The highest BCUT2D eigenvalue weighted by atomic mass is 16.7. The lowest BCUT2D eigenvalue weighted by Crippen LogP contribution is -2.64. The summed E-state index contributed by atoms with van der Waals surface area (Å²) in [5.41, 5.74) is 0.0804. The van der Waals surface area contributed by atoms with Gasteiger partial charge in [0.25, 0.3) is 5.91 Å². The first kappa shape index (κ1) is 23.3. The lowest BCUT2D eigenvalue weighted by molar-refractivity contribution is -0.293. The van der Waals surface area contributed by atoms with Gasteiger partial charge in [-0.05, 0) is 30.9 Å². The molecule has 7 aliphatic rings. The lowest BCUT2D eigenvalue weighted by atomic mass is 9.71. The summed E-state index contributed by atoms with van der Waals surface area (Å²) in [6.07, 6.45) is 9.01. The van der Waals surface area contributed by atoms with Crippen LogP contribution in [-0.2, 0) is 38.2 Å². The predicted molar refractivity (Wildman–Crippen MR) is 126 cm³/mol. The maximum Gasteiger partial charge on any atom is 0.332 e. The number of Topliss-reactive ketones (excluding diaryl/α,β-unsaturated/α-hetero) is 1. The van der Waals surface area contributed by atoms with Gasteiger partial charge in [0, 0.05) is 69.2 Å². The van der Waals surface area contributed by atoms with Crippen LogP contribution in [0, 0.1) is 0 Å². The maximum absolute atomic E-state index is 13.4. The first-order chi connectivity index (χ1) is 17.8. The summed E-state index contributed by atoms with van der Waals surface area (Å²) in [5.74, 6) is -1.12. The van der Waals surface area contributed by atoms with Gasteiger partial charge < -0.3 is 19.1 Å². The van der Waals surface area contributed by atoms with Crippen LogP contribution in [0.1, 0.15) is 51.4 Å². The molecule has 196 valence electrons. The van der Waals surface area contributed by atoms with E-state index in [4.69, 9.17) is 19.0 Å². The molecule has 5 heterocycles. The topological polar surface area (TPSA) is 112 Å². The molecule has 10 nitrogen and oxygen atoms in total. The molecule has 0 aromatic carbocycles. The van der Waals surface area contributed by atoms with E-state index in [0.29, 0.717) is 43.4 Å². The van der Waals surface area contributed by atoms with E-state index in [9.17, 15) is 19.2 Å². The molecule has 0 aromatic rings. The van der Waals surface area contributed by atoms with Crippen LogP contribution in [0.2, 0.25) is 0 Å². The Morgan fingerprint density at radius 2 is 1.95 bits per heavy atom. The highest BCUT2D eigenvalue weighted by molar-refractivity contribution is 6.01. The highest BCUT2D eigenvalue weighted by Gasteiger charge is 2.64. The molecule has 7 rings (SSSR count). The zero-order valence-corrected chi connectivity index (χ0v) is 20.8. The third kappa shape index (κ3) is 3.21. The monoisotopic (exact) mass is 510 g/mol. The van der Waals surface area contributed by atoms with E-state index < -0.39 is 23.3 Å². The number of hydrogen-bond acceptors (Lipinski definition) is 9. The number of piperidine rings is 1. The second-order valence-electron chi connectivity index (χ2n) is 11.2. The molecule has 10 heteroatoms. The number of ether oxygens (including phenoxy) is 3. The summed E-state index contributed by atoms with van der Waals surface area (Å²) in [4.78, 5) is 59.1. The fourth-order valence-corrected chi connectivity index (χ4v) is 7.62. The Kier molecular flexibility index (Phi) is 5.09. The first-order valence-corrected chi connectivity index (χ1v) is 13.3. The molecule has 4 fully saturated rings. The average molecular weight is 511 g/mol. The van der Waals surface area contributed by atoms with Gasteiger partial charge in [0.15, 0.2) is 11.4 Å². The normalized spacial score (nSPS) is 39.8. The van der Waals surface area contributed by atoms with Crippen molar-refractivity contribution in [2.24, 2.45) is 0 Å². The van der Waals surface area contributed by atoms with E-state index in [-0.39, 0.29) is 42.3 Å². The minimum atomic E-state index is -1.20. The van der Waals surface area contributed by atoms with Crippen molar-refractivity contribution in [1.82, 2.24) is 9.96 Å². The zero-order valence-electron chi connectivity index (χ0n) is 20.8. The third-order valence-corrected chi connectivity index (χ3v) is 9.31. The van der Waals surface area contributed by atoms with E-state index in [2.05, 4.69) is 0 Å². The Morgan fingerprint density at radius 3 is 2.78 bits per heavy atom. The van der Waals surface area contributed by atoms with Crippen molar-refractivity contribution in [2.45, 2.75) is 86.9 Å². The average Bonchev–Trinajstić information content (AvgIpc) is 3.46. The summed E-state index contributed by atoms with van der Waals surface area (Å²) in [6.45, 7) is 1.11. The molecule has 6 atom stereocenters. The van der Waals surface area contributed by atoms with Crippen molar-refractivity contribution in [1.29, 1.82) is 0 Å². The summed E-state index contributed by atoms with van der Waals surface area (Å²) < 4.78 is 17.1. The standard InChI is InChI=1S/C27H30N2O8/c1-34-20-10-16-12-24(32)36-27(16)13-18(20)28(25(27)33)7-4-5-19(30)17-9-15-11-23(31)35-26(15)14-21(17)37-29-8-3-2-6-22(26)29/h9,11-12,18,20-22H,2-8,10,13-14H2,1H3/t18-,20-,21-,22-,26-,27-/m0/s1. The lowest BCUT2D eigenvalue weighted by Gasteiger charge is -2.53. The molecule has 0 unspecified atom stereocenters. The molecule has 4 bridgehead atoms. The van der Waals surface area contributed by atoms with Gasteiger partial charge in [0.1, 0.15) is 6.10 Å².